The molecule has 0 radical (unpaired) electrons. The van der Waals surface area contributed by atoms with E-state index in [-0.39, 0.29) is 23.7 Å². The summed E-state index contributed by atoms with van der Waals surface area (Å²) in [7, 11) is 1.67. The van der Waals surface area contributed by atoms with Crippen LogP contribution in [-0.2, 0) is 9.59 Å². The lowest BCUT2D eigenvalue weighted by molar-refractivity contribution is -0.140. The Morgan fingerprint density at radius 1 is 1.19 bits per heavy atom. The summed E-state index contributed by atoms with van der Waals surface area (Å²) in [4.78, 5) is 25.2. The molecule has 0 spiro atoms. The Morgan fingerprint density at radius 3 is 2.25 bits per heavy atom. The molecular weight excluding hydrogens is 206 g/mol. The van der Waals surface area contributed by atoms with E-state index in [9.17, 15) is 9.59 Å². The molecule has 16 heavy (non-hydrogen) atoms. The van der Waals surface area contributed by atoms with Crippen LogP contribution in [0.4, 0.5) is 0 Å². The van der Waals surface area contributed by atoms with E-state index in [0.29, 0.717) is 0 Å². The minimum atomic E-state index is 0.0913. The zero-order valence-corrected chi connectivity index (χ0v) is 9.66. The molecule has 2 fully saturated rings. The fourth-order valence-electron chi connectivity index (χ4n) is 2.29. The van der Waals surface area contributed by atoms with E-state index < -0.39 is 0 Å². The molecule has 5 nitrogen and oxygen atoms in total. The minimum absolute atomic E-state index is 0.0913. The first-order valence-corrected chi connectivity index (χ1v) is 5.93. The highest BCUT2D eigenvalue weighted by Crippen LogP contribution is 2.19. The fraction of sp³-hybridized carbons (Fsp3) is 0.818. The Hall–Kier alpha value is -1.10. The van der Waals surface area contributed by atoms with Crippen molar-refractivity contribution in [1.29, 1.82) is 0 Å². The van der Waals surface area contributed by atoms with Crippen molar-refractivity contribution in [2.24, 2.45) is 11.8 Å². The molecule has 0 saturated carbocycles. The molecule has 0 atom stereocenters. The van der Waals surface area contributed by atoms with Gasteiger partial charge >= 0.3 is 0 Å². The van der Waals surface area contributed by atoms with Crippen LogP contribution in [0.2, 0.25) is 0 Å². The van der Waals surface area contributed by atoms with Crippen LogP contribution in [0.25, 0.3) is 0 Å². The molecular formula is C11H19N3O2. The first kappa shape index (κ1) is 11.4. The van der Waals surface area contributed by atoms with Gasteiger partial charge in [0.1, 0.15) is 0 Å². The second-order valence-corrected chi connectivity index (χ2v) is 4.57. The van der Waals surface area contributed by atoms with Crippen LogP contribution in [0.1, 0.15) is 12.8 Å². The lowest BCUT2D eigenvalue weighted by Gasteiger charge is -2.36. The summed E-state index contributed by atoms with van der Waals surface area (Å²) in [6.45, 7) is 3.09. The number of amides is 2. The van der Waals surface area contributed by atoms with Crippen LogP contribution in [0.15, 0.2) is 0 Å². The highest BCUT2D eigenvalue weighted by molar-refractivity contribution is 5.81. The molecule has 90 valence electrons. The number of nitrogens with one attached hydrogen (secondary N) is 2. The van der Waals surface area contributed by atoms with Gasteiger partial charge in [0.2, 0.25) is 11.8 Å². The maximum atomic E-state index is 11.9. The van der Waals surface area contributed by atoms with Crippen molar-refractivity contribution < 1.29 is 9.59 Å². The van der Waals surface area contributed by atoms with Gasteiger partial charge in [-0.3, -0.25) is 9.59 Å². The second kappa shape index (κ2) is 4.82. The predicted octanol–water partition coefficient (Wildman–Crippen LogP) is -0.810. The molecule has 0 aliphatic carbocycles. The van der Waals surface area contributed by atoms with E-state index in [4.69, 9.17) is 0 Å². The van der Waals surface area contributed by atoms with E-state index >= 15 is 0 Å². The summed E-state index contributed by atoms with van der Waals surface area (Å²) in [5, 5.41) is 5.78. The topological polar surface area (TPSA) is 61.4 Å². The van der Waals surface area contributed by atoms with Gasteiger partial charge in [-0.2, -0.15) is 0 Å². The molecule has 2 saturated heterocycles. The van der Waals surface area contributed by atoms with E-state index in [0.717, 1.165) is 39.0 Å². The number of nitrogens with zero attached hydrogens (tertiary/aromatic N) is 1. The minimum Gasteiger partial charge on any atom is -0.359 e. The molecule has 2 heterocycles. The van der Waals surface area contributed by atoms with Crippen LogP contribution >= 0.6 is 0 Å². The highest BCUT2D eigenvalue weighted by Gasteiger charge is 2.32. The van der Waals surface area contributed by atoms with Gasteiger partial charge in [0.25, 0.3) is 0 Å². The monoisotopic (exact) mass is 225 g/mol. The smallest absolute Gasteiger partial charge is 0.228 e. The number of likely N-dealkylation sites (tertiary alicyclic amines) is 1. The van der Waals surface area contributed by atoms with Crippen molar-refractivity contribution in [3.63, 3.8) is 0 Å². The van der Waals surface area contributed by atoms with Gasteiger partial charge < -0.3 is 15.5 Å². The van der Waals surface area contributed by atoms with Gasteiger partial charge in [-0.15, -0.1) is 0 Å². The van der Waals surface area contributed by atoms with Crippen molar-refractivity contribution in [2.75, 3.05) is 33.2 Å². The number of hydrogen-bond donors (Lipinski definition) is 2. The Balaban J connectivity index is 1.80. The Morgan fingerprint density at radius 2 is 1.81 bits per heavy atom. The lowest BCUT2D eigenvalue weighted by atomic mass is 9.94. The van der Waals surface area contributed by atoms with E-state index in [1.54, 1.807) is 7.05 Å². The number of carbonyl (C=O) groups is 2. The average Bonchev–Trinajstić information content (AvgIpc) is 2.26. The average molecular weight is 225 g/mol. The van der Waals surface area contributed by atoms with E-state index in [1.807, 2.05) is 4.90 Å². The first-order valence-electron chi connectivity index (χ1n) is 5.93. The molecule has 2 amide bonds. The van der Waals surface area contributed by atoms with Crippen molar-refractivity contribution in [2.45, 2.75) is 12.8 Å². The zero-order chi connectivity index (χ0) is 11.5. The van der Waals surface area contributed by atoms with Crippen LogP contribution in [0.5, 0.6) is 0 Å². The van der Waals surface area contributed by atoms with Gasteiger partial charge in [0.05, 0.1) is 5.92 Å². The summed E-state index contributed by atoms with van der Waals surface area (Å²) in [5.41, 5.74) is 0. The quantitative estimate of drug-likeness (QED) is 0.646. The molecule has 0 aromatic rings. The number of hydrogen-bond acceptors (Lipinski definition) is 3. The van der Waals surface area contributed by atoms with Crippen LogP contribution in [-0.4, -0.2) is 49.9 Å². The third-order valence-electron chi connectivity index (χ3n) is 3.55. The Labute approximate surface area is 95.6 Å². The van der Waals surface area contributed by atoms with Crippen LogP contribution in [0.3, 0.4) is 0 Å². The molecule has 0 aromatic carbocycles. The first-order chi connectivity index (χ1) is 7.72. The number of piperidine rings is 1. The normalized spacial score (nSPS) is 22.7. The third kappa shape index (κ3) is 2.19. The summed E-state index contributed by atoms with van der Waals surface area (Å²) < 4.78 is 0. The number of rotatable bonds is 2. The molecule has 2 aliphatic heterocycles. The molecule has 0 bridgehead atoms. The van der Waals surface area contributed by atoms with Crippen molar-refractivity contribution in [1.82, 2.24) is 15.5 Å². The molecule has 2 aliphatic rings. The second-order valence-electron chi connectivity index (χ2n) is 4.57. The maximum Gasteiger partial charge on any atom is 0.228 e. The van der Waals surface area contributed by atoms with Gasteiger partial charge in [-0.1, -0.05) is 0 Å². The van der Waals surface area contributed by atoms with Gasteiger partial charge in [0, 0.05) is 39.1 Å². The molecule has 5 heteroatoms. The zero-order valence-electron chi connectivity index (χ0n) is 9.66. The summed E-state index contributed by atoms with van der Waals surface area (Å²) in [5.74, 6) is 0.636. The summed E-state index contributed by atoms with van der Waals surface area (Å²) >= 11 is 0. The van der Waals surface area contributed by atoms with Gasteiger partial charge in [-0.05, 0) is 12.8 Å². The lowest BCUT2D eigenvalue weighted by Crippen LogP contribution is -2.54. The number of carbonyl (C=O) groups excluding carboxylic acids is 2. The van der Waals surface area contributed by atoms with Crippen LogP contribution in [0, 0.1) is 11.8 Å². The standard InChI is InChI=1S/C11H19N3O2/c1-12-10(15)8-2-4-14(5-3-8)11(16)9-6-13-7-9/h8-9,13H,2-7H2,1H3,(H,12,15). The summed E-state index contributed by atoms with van der Waals surface area (Å²) in [6, 6.07) is 0. The van der Waals surface area contributed by atoms with Gasteiger partial charge in [0.15, 0.2) is 0 Å². The van der Waals surface area contributed by atoms with Gasteiger partial charge in [-0.25, -0.2) is 0 Å². The third-order valence-corrected chi connectivity index (χ3v) is 3.55. The summed E-state index contributed by atoms with van der Waals surface area (Å²) in [6.07, 6.45) is 1.59. The maximum absolute atomic E-state index is 11.9. The Kier molecular flexibility index (Phi) is 3.43. The van der Waals surface area contributed by atoms with Crippen LogP contribution < -0.4 is 10.6 Å². The van der Waals surface area contributed by atoms with Crippen molar-refractivity contribution in [3.05, 3.63) is 0 Å². The SMILES string of the molecule is CNC(=O)C1CCN(C(=O)C2CNC2)CC1. The van der Waals surface area contributed by atoms with E-state index in [1.165, 1.54) is 0 Å². The highest BCUT2D eigenvalue weighted by atomic mass is 16.2. The molecule has 2 N–H and O–H groups in total. The molecule has 0 aromatic heterocycles. The van der Waals surface area contributed by atoms with Crippen molar-refractivity contribution in [3.8, 4) is 0 Å². The fourth-order valence-corrected chi connectivity index (χ4v) is 2.29. The predicted molar refractivity (Wildman–Crippen MR) is 59.7 cm³/mol. The van der Waals surface area contributed by atoms with E-state index in [2.05, 4.69) is 10.6 Å². The largest absolute Gasteiger partial charge is 0.359 e. The van der Waals surface area contributed by atoms with Crippen molar-refractivity contribution >= 4 is 11.8 Å². The Bertz CT molecular complexity index is 281. The molecule has 0 unspecified atom stereocenters. The molecule has 2 rings (SSSR count).